The fourth-order valence-corrected chi connectivity index (χ4v) is 5.39. The van der Waals surface area contributed by atoms with Crippen molar-refractivity contribution in [2.24, 2.45) is 0 Å². The molecule has 0 bridgehead atoms. The summed E-state index contributed by atoms with van der Waals surface area (Å²) < 4.78 is 22.4. The van der Waals surface area contributed by atoms with Crippen molar-refractivity contribution in [1.29, 1.82) is 0 Å². The van der Waals surface area contributed by atoms with Crippen molar-refractivity contribution in [2.45, 2.75) is 13.5 Å². The number of ether oxygens (including phenoxy) is 4. The lowest BCUT2D eigenvalue weighted by Crippen LogP contribution is -2.48. The molecule has 7 nitrogen and oxygen atoms in total. The Hall–Kier alpha value is -3.23. The molecule has 2 heterocycles. The fourth-order valence-electron chi connectivity index (χ4n) is 4.31. The van der Waals surface area contributed by atoms with Gasteiger partial charge in [0.1, 0.15) is 10.6 Å². The number of hydrogen-bond acceptors (Lipinski definition) is 7. The van der Waals surface area contributed by atoms with Crippen LogP contribution in [0.3, 0.4) is 0 Å². The first-order valence-corrected chi connectivity index (χ1v) is 12.5. The van der Waals surface area contributed by atoms with Gasteiger partial charge in [-0.05, 0) is 24.6 Å². The van der Waals surface area contributed by atoms with E-state index in [0.717, 1.165) is 29.1 Å². The minimum atomic E-state index is 0.0315. The van der Waals surface area contributed by atoms with Gasteiger partial charge in [0.15, 0.2) is 11.5 Å². The third-order valence-corrected chi connectivity index (χ3v) is 7.24. The van der Waals surface area contributed by atoms with Crippen LogP contribution >= 0.6 is 11.3 Å². The molecule has 8 heteroatoms. The molecule has 0 radical (unpaired) electrons. The Bertz CT molecular complexity index is 1140. The van der Waals surface area contributed by atoms with E-state index >= 15 is 0 Å². The molecule has 1 saturated heterocycles. The maximum Gasteiger partial charge on any atom is 0.267 e. The molecule has 2 aromatic carbocycles. The van der Waals surface area contributed by atoms with Gasteiger partial charge in [0, 0.05) is 43.2 Å². The molecule has 1 fully saturated rings. The predicted octanol–water partition coefficient (Wildman–Crippen LogP) is 4.80. The molecule has 0 spiro atoms. The molecule has 186 valence electrons. The Kier molecular flexibility index (Phi) is 8.15. The van der Waals surface area contributed by atoms with E-state index in [1.165, 1.54) is 11.3 Å². The summed E-state index contributed by atoms with van der Waals surface area (Å²) in [7, 11) is 4.86. The van der Waals surface area contributed by atoms with Gasteiger partial charge in [-0.3, -0.25) is 9.69 Å². The average molecular weight is 497 g/mol. The number of carbonyl (C=O) groups excluding carboxylic acids is 1. The first kappa shape index (κ1) is 24.9. The van der Waals surface area contributed by atoms with Gasteiger partial charge in [0.2, 0.25) is 5.75 Å². The van der Waals surface area contributed by atoms with Gasteiger partial charge < -0.3 is 23.8 Å². The Morgan fingerprint density at radius 3 is 2.23 bits per heavy atom. The second-order valence-electron chi connectivity index (χ2n) is 8.16. The number of carbonyl (C=O) groups is 1. The van der Waals surface area contributed by atoms with E-state index in [4.69, 9.17) is 18.9 Å². The summed E-state index contributed by atoms with van der Waals surface area (Å²) in [4.78, 5) is 19.4. The molecule has 1 aliphatic rings. The number of thiophene rings is 1. The highest BCUT2D eigenvalue weighted by molar-refractivity contribution is 7.17. The van der Waals surface area contributed by atoms with Gasteiger partial charge >= 0.3 is 0 Å². The average Bonchev–Trinajstić information content (AvgIpc) is 3.33. The van der Waals surface area contributed by atoms with Gasteiger partial charge in [-0.1, -0.05) is 36.4 Å². The summed E-state index contributed by atoms with van der Waals surface area (Å²) in [5.74, 6) is 2.61. The maximum absolute atomic E-state index is 13.4. The zero-order valence-corrected chi connectivity index (χ0v) is 21.5. The number of piperazine rings is 1. The van der Waals surface area contributed by atoms with Crippen LogP contribution in [0.4, 0.5) is 0 Å². The summed E-state index contributed by atoms with van der Waals surface area (Å²) in [6.45, 7) is 6.00. The second kappa shape index (κ2) is 11.5. The molecule has 0 atom stereocenters. The molecule has 4 rings (SSSR count). The van der Waals surface area contributed by atoms with Crippen LogP contribution in [0.1, 0.15) is 22.2 Å². The number of rotatable bonds is 9. The summed E-state index contributed by atoms with van der Waals surface area (Å²) in [5.41, 5.74) is 2.11. The molecule has 0 unspecified atom stereocenters. The molecule has 0 N–H and O–H groups in total. The zero-order chi connectivity index (χ0) is 24.8. The highest BCUT2D eigenvalue weighted by atomic mass is 32.1. The van der Waals surface area contributed by atoms with E-state index in [1.54, 1.807) is 21.3 Å². The Labute approximate surface area is 210 Å². The van der Waals surface area contributed by atoms with E-state index in [-0.39, 0.29) is 5.91 Å². The maximum atomic E-state index is 13.4. The van der Waals surface area contributed by atoms with E-state index in [2.05, 4.69) is 17.0 Å². The summed E-state index contributed by atoms with van der Waals surface area (Å²) in [5, 5.41) is 0. The number of benzene rings is 2. The lowest BCUT2D eigenvalue weighted by Gasteiger charge is -2.35. The van der Waals surface area contributed by atoms with Gasteiger partial charge in [-0.25, -0.2) is 0 Å². The molecule has 0 saturated carbocycles. The van der Waals surface area contributed by atoms with Crippen LogP contribution in [0.25, 0.3) is 10.4 Å². The Balaban J connectivity index is 1.45. The quantitative estimate of drug-likeness (QED) is 0.424. The van der Waals surface area contributed by atoms with Crippen LogP contribution < -0.4 is 18.9 Å². The number of methoxy groups -OCH3 is 3. The third kappa shape index (κ3) is 5.39. The van der Waals surface area contributed by atoms with Crippen LogP contribution in [0, 0.1) is 0 Å². The van der Waals surface area contributed by atoms with Crippen LogP contribution in [-0.4, -0.2) is 69.8 Å². The van der Waals surface area contributed by atoms with Crippen LogP contribution in [0.5, 0.6) is 23.0 Å². The highest BCUT2D eigenvalue weighted by Crippen LogP contribution is 2.40. The van der Waals surface area contributed by atoms with E-state index < -0.39 is 0 Å². The molecule has 0 aliphatic carbocycles. The van der Waals surface area contributed by atoms with Gasteiger partial charge in [0.05, 0.1) is 27.9 Å². The largest absolute Gasteiger partial charge is 0.493 e. The molecular formula is C27H32N2O5S. The number of nitrogens with zero attached hydrogens (tertiary/aromatic N) is 2. The SMILES string of the molecule is CCOc1cc(-c2ccccc2)sc1C(=O)N1CCN(Cc2ccc(OC)c(OC)c2OC)CC1. The van der Waals surface area contributed by atoms with Gasteiger partial charge in [-0.2, -0.15) is 0 Å². The number of amides is 1. The summed E-state index contributed by atoms with van der Waals surface area (Å²) >= 11 is 1.50. The van der Waals surface area contributed by atoms with Crippen molar-refractivity contribution < 1.29 is 23.7 Å². The molecule has 3 aromatic rings. The molecule has 1 aromatic heterocycles. The van der Waals surface area contributed by atoms with Crippen molar-refractivity contribution in [2.75, 3.05) is 54.1 Å². The monoisotopic (exact) mass is 496 g/mol. The first-order valence-electron chi connectivity index (χ1n) is 11.7. The molecule has 1 aliphatic heterocycles. The van der Waals surface area contributed by atoms with E-state index in [0.29, 0.717) is 54.1 Å². The topological polar surface area (TPSA) is 60.5 Å². The van der Waals surface area contributed by atoms with Gasteiger partial charge in [0.25, 0.3) is 5.91 Å². The minimum Gasteiger partial charge on any atom is -0.493 e. The standard InChI is InChI=1S/C27H32N2O5S/c1-5-34-22-17-23(19-9-7-6-8-10-19)35-26(22)27(30)29-15-13-28(14-16-29)18-20-11-12-21(31-2)25(33-4)24(20)32-3/h6-12,17H,5,13-16,18H2,1-4H3. The van der Waals surface area contributed by atoms with Gasteiger partial charge in [-0.15, -0.1) is 11.3 Å². The molecular weight excluding hydrogens is 464 g/mol. The normalized spacial score (nSPS) is 14.0. The van der Waals surface area contributed by atoms with Crippen LogP contribution in [-0.2, 0) is 6.54 Å². The fraction of sp³-hybridized carbons (Fsp3) is 0.370. The lowest BCUT2D eigenvalue weighted by molar-refractivity contribution is 0.0628. The molecule has 1 amide bonds. The van der Waals surface area contributed by atoms with Crippen molar-refractivity contribution in [3.63, 3.8) is 0 Å². The van der Waals surface area contributed by atoms with Crippen molar-refractivity contribution in [1.82, 2.24) is 9.80 Å². The Morgan fingerprint density at radius 1 is 0.886 bits per heavy atom. The second-order valence-corrected chi connectivity index (χ2v) is 9.22. The Morgan fingerprint density at radius 2 is 1.60 bits per heavy atom. The smallest absolute Gasteiger partial charge is 0.267 e. The van der Waals surface area contributed by atoms with Crippen molar-refractivity contribution in [3.05, 3.63) is 59.0 Å². The van der Waals surface area contributed by atoms with Crippen molar-refractivity contribution in [3.8, 4) is 33.4 Å². The molecule has 35 heavy (non-hydrogen) atoms. The first-order chi connectivity index (χ1) is 17.1. The third-order valence-electron chi connectivity index (χ3n) is 6.09. The summed E-state index contributed by atoms with van der Waals surface area (Å²) in [6, 6.07) is 16.0. The number of hydrogen-bond donors (Lipinski definition) is 0. The van der Waals surface area contributed by atoms with Crippen LogP contribution in [0.2, 0.25) is 0 Å². The van der Waals surface area contributed by atoms with E-state index in [1.807, 2.05) is 48.2 Å². The predicted molar refractivity (Wildman–Crippen MR) is 138 cm³/mol. The summed E-state index contributed by atoms with van der Waals surface area (Å²) in [6.07, 6.45) is 0. The lowest BCUT2D eigenvalue weighted by atomic mass is 10.1. The van der Waals surface area contributed by atoms with Crippen molar-refractivity contribution >= 4 is 17.2 Å². The minimum absolute atomic E-state index is 0.0315. The van der Waals surface area contributed by atoms with E-state index in [9.17, 15) is 4.79 Å². The zero-order valence-electron chi connectivity index (χ0n) is 20.7. The highest BCUT2D eigenvalue weighted by Gasteiger charge is 2.27. The van der Waals surface area contributed by atoms with Crippen LogP contribution in [0.15, 0.2) is 48.5 Å².